The monoisotopic (exact) mass is 325 g/mol. The van der Waals surface area contributed by atoms with Crippen LogP contribution in [-0.4, -0.2) is 22.1 Å². The Morgan fingerprint density at radius 3 is 3.05 bits per heavy atom. The van der Waals surface area contributed by atoms with Gasteiger partial charge in [-0.2, -0.15) is 0 Å². The van der Waals surface area contributed by atoms with Crippen molar-refractivity contribution >= 4 is 38.9 Å². The van der Waals surface area contributed by atoms with E-state index in [9.17, 15) is 4.79 Å². The topological polar surface area (TPSA) is 70.1 Å². The van der Waals surface area contributed by atoms with E-state index in [0.717, 1.165) is 15.5 Å². The van der Waals surface area contributed by atoms with Crippen LogP contribution in [0.1, 0.15) is 19.8 Å². The Morgan fingerprint density at radius 1 is 1.53 bits per heavy atom. The summed E-state index contributed by atoms with van der Waals surface area (Å²) in [7, 11) is 0. The maximum atomic E-state index is 11.3. The van der Waals surface area contributed by atoms with Crippen molar-refractivity contribution in [2.24, 2.45) is 0 Å². The minimum Gasteiger partial charge on any atom is -0.466 e. The second kappa shape index (κ2) is 6.06. The summed E-state index contributed by atoms with van der Waals surface area (Å²) < 4.78 is 7.79. The molecule has 5 nitrogen and oxygen atoms in total. The molecule has 0 aliphatic carbocycles. The van der Waals surface area contributed by atoms with E-state index in [2.05, 4.69) is 20.9 Å². The number of hydrogen-bond donors (Lipinski definition) is 1. The van der Waals surface area contributed by atoms with Crippen LogP contribution in [-0.2, 0) is 16.1 Å². The van der Waals surface area contributed by atoms with Crippen molar-refractivity contribution in [3.8, 4) is 0 Å². The Bertz CT molecular complexity index is 595. The zero-order valence-corrected chi connectivity index (χ0v) is 12.3. The van der Waals surface area contributed by atoms with Crippen molar-refractivity contribution in [2.75, 3.05) is 12.3 Å². The molecule has 0 unspecified atom stereocenters. The summed E-state index contributed by atoms with van der Waals surface area (Å²) in [5, 5.41) is 0. The van der Waals surface area contributed by atoms with Crippen molar-refractivity contribution in [1.82, 2.24) is 9.55 Å². The van der Waals surface area contributed by atoms with Crippen LogP contribution in [0.5, 0.6) is 0 Å². The normalized spacial score (nSPS) is 10.8. The van der Waals surface area contributed by atoms with Crippen molar-refractivity contribution in [3.63, 3.8) is 0 Å². The van der Waals surface area contributed by atoms with Gasteiger partial charge in [0.15, 0.2) is 0 Å². The molecule has 1 aromatic carbocycles. The minimum absolute atomic E-state index is 0.174. The first-order valence-corrected chi connectivity index (χ1v) is 6.98. The number of imidazole rings is 1. The number of rotatable bonds is 5. The molecular formula is C13H16BrN3O2. The number of esters is 1. The molecule has 0 fully saturated rings. The molecule has 2 aromatic rings. The molecule has 0 spiro atoms. The third-order valence-electron chi connectivity index (χ3n) is 2.81. The van der Waals surface area contributed by atoms with E-state index in [-0.39, 0.29) is 5.97 Å². The minimum atomic E-state index is -0.174. The Hall–Kier alpha value is -1.56. The quantitative estimate of drug-likeness (QED) is 0.858. The zero-order valence-electron chi connectivity index (χ0n) is 10.7. The summed E-state index contributed by atoms with van der Waals surface area (Å²) in [5.74, 6) is 0.295. The summed E-state index contributed by atoms with van der Waals surface area (Å²) in [6.45, 7) is 2.87. The first-order valence-electron chi connectivity index (χ1n) is 6.18. The highest BCUT2D eigenvalue weighted by atomic mass is 79.9. The molecular weight excluding hydrogens is 310 g/mol. The second-order valence-corrected chi connectivity index (χ2v) is 5.08. The van der Waals surface area contributed by atoms with Crippen molar-refractivity contribution in [1.29, 1.82) is 0 Å². The standard InChI is InChI=1S/C13H16BrN3O2/c1-2-19-12(18)4-3-7-17-11-8-9(14)5-6-10(11)16-13(17)15/h5-6,8H,2-4,7H2,1H3,(H2,15,16). The molecule has 0 radical (unpaired) electrons. The van der Waals surface area contributed by atoms with Crippen LogP contribution in [0.25, 0.3) is 11.0 Å². The van der Waals surface area contributed by atoms with E-state index >= 15 is 0 Å². The average molecular weight is 326 g/mol. The fraction of sp³-hybridized carbons (Fsp3) is 0.385. The number of nitrogens with two attached hydrogens (primary N) is 1. The molecule has 0 atom stereocenters. The fourth-order valence-corrected chi connectivity index (χ4v) is 2.31. The third kappa shape index (κ3) is 3.26. The largest absolute Gasteiger partial charge is 0.466 e. The Labute approximate surface area is 119 Å². The molecule has 0 saturated heterocycles. The third-order valence-corrected chi connectivity index (χ3v) is 3.30. The number of aromatic nitrogens is 2. The van der Waals surface area contributed by atoms with Crippen LogP contribution in [0.2, 0.25) is 0 Å². The summed E-state index contributed by atoms with van der Waals surface area (Å²) in [6.07, 6.45) is 1.07. The number of nitrogens with zero attached hydrogens (tertiary/aromatic N) is 2. The lowest BCUT2D eigenvalue weighted by molar-refractivity contribution is -0.143. The number of carbonyl (C=O) groups excluding carboxylic acids is 1. The zero-order chi connectivity index (χ0) is 13.8. The molecule has 2 rings (SSSR count). The van der Waals surface area contributed by atoms with E-state index in [0.29, 0.717) is 31.9 Å². The van der Waals surface area contributed by atoms with Gasteiger partial charge in [-0.3, -0.25) is 4.79 Å². The first-order chi connectivity index (χ1) is 9.11. The van der Waals surface area contributed by atoms with Gasteiger partial charge in [0.1, 0.15) is 0 Å². The Morgan fingerprint density at radius 2 is 2.32 bits per heavy atom. The molecule has 1 heterocycles. The number of fused-ring (bicyclic) bond motifs is 1. The number of hydrogen-bond acceptors (Lipinski definition) is 4. The molecule has 19 heavy (non-hydrogen) atoms. The number of carbonyl (C=O) groups is 1. The van der Waals surface area contributed by atoms with Gasteiger partial charge in [-0.25, -0.2) is 4.98 Å². The van der Waals surface area contributed by atoms with Gasteiger partial charge < -0.3 is 15.0 Å². The molecule has 1 aromatic heterocycles. The number of nitrogen functional groups attached to an aromatic ring is 1. The van der Waals surface area contributed by atoms with Crippen LogP contribution in [0.3, 0.4) is 0 Å². The summed E-state index contributed by atoms with van der Waals surface area (Å²) in [4.78, 5) is 15.6. The van der Waals surface area contributed by atoms with Gasteiger partial charge in [0.05, 0.1) is 17.6 Å². The first kappa shape index (κ1) is 13.9. The molecule has 0 bridgehead atoms. The van der Waals surface area contributed by atoms with Gasteiger partial charge in [-0.1, -0.05) is 15.9 Å². The van der Waals surface area contributed by atoms with Crippen molar-refractivity contribution in [2.45, 2.75) is 26.3 Å². The number of anilines is 1. The molecule has 0 saturated carbocycles. The highest BCUT2D eigenvalue weighted by Crippen LogP contribution is 2.22. The predicted octanol–water partition coefficient (Wildman–Crippen LogP) is 2.72. The van der Waals surface area contributed by atoms with Gasteiger partial charge in [-0.05, 0) is 31.5 Å². The van der Waals surface area contributed by atoms with Crippen molar-refractivity contribution < 1.29 is 9.53 Å². The highest BCUT2D eigenvalue weighted by Gasteiger charge is 2.09. The number of ether oxygens (including phenoxy) is 1. The number of aryl methyl sites for hydroxylation is 1. The summed E-state index contributed by atoms with van der Waals surface area (Å²) in [5.41, 5.74) is 7.73. The summed E-state index contributed by atoms with van der Waals surface area (Å²) in [6, 6.07) is 5.82. The van der Waals surface area contributed by atoms with Crippen LogP contribution in [0, 0.1) is 0 Å². The van der Waals surface area contributed by atoms with Gasteiger partial charge in [0, 0.05) is 17.4 Å². The SMILES string of the molecule is CCOC(=O)CCCn1c(N)nc2ccc(Br)cc21. The van der Waals surface area contributed by atoms with Gasteiger partial charge in [-0.15, -0.1) is 0 Å². The number of halogens is 1. The molecule has 102 valence electrons. The lowest BCUT2D eigenvalue weighted by Crippen LogP contribution is -2.08. The predicted molar refractivity (Wildman–Crippen MR) is 77.7 cm³/mol. The van der Waals surface area contributed by atoms with E-state index in [4.69, 9.17) is 10.5 Å². The Balaban J connectivity index is 2.09. The van der Waals surface area contributed by atoms with E-state index < -0.39 is 0 Å². The van der Waals surface area contributed by atoms with Crippen LogP contribution >= 0.6 is 15.9 Å². The van der Waals surface area contributed by atoms with Crippen LogP contribution in [0.4, 0.5) is 5.95 Å². The van der Waals surface area contributed by atoms with Gasteiger partial charge in [0.25, 0.3) is 0 Å². The van der Waals surface area contributed by atoms with Crippen molar-refractivity contribution in [3.05, 3.63) is 22.7 Å². The second-order valence-electron chi connectivity index (χ2n) is 4.16. The maximum Gasteiger partial charge on any atom is 0.305 e. The molecule has 2 N–H and O–H groups in total. The Kier molecular flexibility index (Phi) is 4.42. The lowest BCUT2D eigenvalue weighted by atomic mass is 10.3. The van der Waals surface area contributed by atoms with Gasteiger partial charge >= 0.3 is 5.97 Å². The van der Waals surface area contributed by atoms with E-state index in [1.165, 1.54) is 0 Å². The fourth-order valence-electron chi connectivity index (χ4n) is 1.96. The van der Waals surface area contributed by atoms with Crippen LogP contribution < -0.4 is 5.73 Å². The molecule has 0 aliphatic heterocycles. The van der Waals surface area contributed by atoms with Gasteiger partial charge in [0.2, 0.25) is 5.95 Å². The smallest absolute Gasteiger partial charge is 0.305 e. The maximum absolute atomic E-state index is 11.3. The molecule has 0 amide bonds. The highest BCUT2D eigenvalue weighted by molar-refractivity contribution is 9.10. The lowest BCUT2D eigenvalue weighted by Gasteiger charge is -2.06. The van der Waals surface area contributed by atoms with Crippen LogP contribution in [0.15, 0.2) is 22.7 Å². The van der Waals surface area contributed by atoms with E-state index in [1.54, 1.807) is 6.92 Å². The van der Waals surface area contributed by atoms with E-state index in [1.807, 2.05) is 22.8 Å². The molecule has 6 heteroatoms. The molecule has 0 aliphatic rings. The average Bonchev–Trinajstić information content (AvgIpc) is 2.66. The number of benzene rings is 1. The summed E-state index contributed by atoms with van der Waals surface area (Å²) >= 11 is 3.43.